The Kier molecular flexibility index (Phi) is 5.15. The summed E-state index contributed by atoms with van der Waals surface area (Å²) in [5.74, 6) is 0.354. The van der Waals surface area contributed by atoms with Crippen LogP contribution in [-0.2, 0) is 0 Å². The molecule has 5 heteroatoms. The van der Waals surface area contributed by atoms with Crippen LogP contribution < -0.4 is 4.90 Å². The van der Waals surface area contributed by atoms with Crippen molar-refractivity contribution >= 4 is 11.9 Å². The van der Waals surface area contributed by atoms with Crippen molar-refractivity contribution in [1.82, 2.24) is 9.97 Å². The number of carbonyl (C=O) groups is 1. The highest BCUT2D eigenvalue weighted by Crippen LogP contribution is 2.27. The van der Waals surface area contributed by atoms with E-state index in [1.165, 1.54) is 31.9 Å². The number of carboxylic acid groups (broad SMARTS) is 1. The summed E-state index contributed by atoms with van der Waals surface area (Å²) in [6.07, 6.45) is 7.42. The Balaban J connectivity index is 2.22. The second-order valence-corrected chi connectivity index (χ2v) is 6.29. The molecule has 0 spiro atoms. The maximum Gasteiger partial charge on any atom is 0.339 e. The first-order chi connectivity index (χ1) is 9.99. The molecule has 0 unspecified atom stereocenters. The molecule has 1 aromatic heterocycles. The Bertz CT molecular complexity index is 496. The first-order valence-corrected chi connectivity index (χ1v) is 7.82. The van der Waals surface area contributed by atoms with Crippen molar-refractivity contribution in [3.05, 3.63) is 17.5 Å². The zero-order valence-electron chi connectivity index (χ0n) is 13.2. The third-order valence-electron chi connectivity index (χ3n) is 4.17. The molecule has 0 radical (unpaired) electrons. The van der Waals surface area contributed by atoms with Crippen LogP contribution in [0.25, 0.3) is 0 Å². The second-order valence-electron chi connectivity index (χ2n) is 6.29. The SMILES string of the molecule is Cc1nc(N(CCC(C)C)C2CCCC2)ncc1C(=O)O. The molecule has 0 amide bonds. The minimum Gasteiger partial charge on any atom is -0.478 e. The van der Waals surface area contributed by atoms with E-state index in [1.54, 1.807) is 6.92 Å². The van der Waals surface area contributed by atoms with Crippen LogP contribution >= 0.6 is 0 Å². The van der Waals surface area contributed by atoms with Gasteiger partial charge in [0.05, 0.1) is 11.3 Å². The van der Waals surface area contributed by atoms with Gasteiger partial charge in [-0.15, -0.1) is 0 Å². The van der Waals surface area contributed by atoms with E-state index in [0.717, 1.165) is 13.0 Å². The fraction of sp³-hybridized carbons (Fsp3) is 0.688. The first kappa shape index (κ1) is 15.7. The first-order valence-electron chi connectivity index (χ1n) is 7.82. The zero-order chi connectivity index (χ0) is 15.4. The molecule has 5 nitrogen and oxygen atoms in total. The van der Waals surface area contributed by atoms with Crippen LogP contribution in [0.15, 0.2) is 6.20 Å². The third kappa shape index (κ3) is 3.93. The van der Waals surface area contributed by atoms with Crippen molar-refractivity contribution < 1.29 is 9.90 Å². The van der Waals surface area contributed by atoms with Crippen LogP contribution in [0.1, 0.15) is 62.0 Å². The summed E-state index contributed by atoms with van der Waals surface area (Å²) in [5, 5.41) is 9.09. The summed E-state index contributed by atoms with van der Waals surface area (Å²) >= 11 is 0. The molecule has 0 saturated heterocycles. The smallest absolute Gasteiger partial charge is 0.339 e. The van der Waals surface area contributed by atoms with Crippen molar-refractivity contribution in [1.29, 1.82) is 0 Å². The van der Waals surface area contributed by atoms with Gasteiger partial charge in [0.1, 0.15) is 0 Å². The highest BCUT2D eigenvalue weighted by Gasteiger charge is 2.25. The van der Waals surface area contributed by atoms with Crippen LogP contribution in [-0.4, -0.2) is 33.6 Å². The van der Waals surface area contributed by atoms with Crippen molar-refractivity contribution in [3.63, 3.8) is 0 Å². The van der Waals surface area contributed by atoms with Crippen LogP contribution in [0.3, 0.4) is 0 Å². The van der Waals surface area contributed by atoms with Gasteiger partial charge in [0.15, 0.2) is 0 Å². The second kappa shape index (κ2) is 6.87. The number of hydrogen-bond donors (Lipinski definition) is 1. The lowest BCUT2D eigenvalue weighted by Crippen LogP contribution is -2.36. The van der Waals surface area contributed by atoms with Gasteiger partial charge in [-0.1, -0.05) is 26.7 Å². The Hall–Kier alpha value is -1.65. The molecule has 21 heavy (non-hydrogen) atoms. The lowest BCUT2D eigenvalue weighted by Gasteiger charge is -2.30. The summed E-state index contributed by atoms with van der Waals surface area (Å²) in [7, 11) is 0. The van der Waals surface area contributed by atoms with Crippen molar-refractivity contribution in [3.8, 4) is 0 Å². The van der Waals surface area contributed by atoms with Gasteiger partial charge < -0.3 is 10.0 Å². The quantitative estimate of drug-likeness (QED) is 0.871. The van der Waals surface area contributed by atoms with Crippen molar-refractivity contribution in [2.45, 2.75) is 58.9 Å². The van der Waals surface area contributed by atoms with Crippen LogP contribution in [0.4, 0.5) is 5.95 Å². The number of aromatic nitrogens is 2. The minimum atomic E-state index is -0.964. The number of aromatic carboxylic acids is 1. The monoisotopic (exact) mass is 291 g/mol. The van der Waals surface area contributed by atoms with Gasteiger partial charge in [0, 0.05) is 18.8 Å². The molecule has 2 rings (SSSR count). The third-order valence-corrected chi connectivity index (χ3v) is 4.17. The lowest BCUT2D eigenvalue weighted by molar-refractivity contribution is 0.0695. The van der Waals surface area contributed by atoms with E-state index in [2.05, 4.69) is 28.7 Å². The van der Waals surface area contributed by atoms with Crippen LogP contribution in [0, 0.1) is 12.8 Å². The molecule has 1 aliphatic carbocycles. The molecule has 1 N–H and O–H groups in total. The average Bonchev–Trinajstić information content (AvgIpc) is 2.92. The Labute approximate surface area is 126 Å². The largest absolute Gasteiger partial charge is 0.478 e. The van der Waals surface area contributed by atoms with Gasteiger partial charge in [-0.05, 0) is 32.1 Å². The Morgan fingerprint density at radius 3 is 2.62 bits per heavy atom. The topological polar surface area (TPSA) is 66.3 Å². The van der Waals surface area contributed by atoms with E-state index in [0.29, 0.717) is 23.6 Å². The standard InChI is InChI=1S/C16H25N3O2/c1-11(2)8-9-19(13-6-4-5-7-13)16-17-10-14(15(20)21)12(3)18-16/h10-11,13H,4-9H2,1-3H3,(H,20,21). The molecular formula is C16H25N3O2. The van der Waals surface area contributed by atoms with E-state index in [1.807, 2.05) is 0 Å². The van der Waals surface area contributed by atoms with E-state index >= 15 is 0 Å². The van der Waals surface area contributed by atoms with E-state index < -0.39 is 5.97 Å². The highest BCUT2D eigenvalue weighted by molar-refractivity contribution is 5.88. The minimum absolute atomic E-state index is 0.189. The predicted molar refractivity (Wildman–Crippen MR) is 82.8 cm³/mol. The van der Waals surface area contributed by atoms with Crippen LogP contribution in [0.5, 0.6) is 0 Å². The summed E-state index contributed by atoms with van der Waals surface area (Å²) in [4.78, 5) is 22.1. The lowest BCUT2D eigenvalue weighted by atomic mass is 10.1. The van der Waals surface area contributed by atoms with Gasteiger partial charge in [0.25, 0.3) is 0 Å². The number of hydrogen-bond acceptors (Lipinski definition) is 4. The average molecular weight is 291 g/mol. The van der Waals surface area contributed by atoms with Crippen LogP contribution in [0.2, 0.25) is 0 Å². The molecule has 0 bridgehead atoms. The van der Waals surface area contributed by atoms with Gasteiger partial charge in [-0.25, -0.2) is 14.8 Å². The predicted octanol–water partition coefficient (Wildman–Crippen LogP) is 3.28. The molecule has 116 valence electrons. The summed E-state index contributed by atoms with van der Waals surface area (Å²) in [6.45, 7) is 7.11. The normalized spacial score (nSPS) is 15.6. The van der Waals surface area contributed by atoms with Crippen molar-refractivity contribution in [2.24, 2.45) is 5.92 Å². The maximum absolute atomic E-state index is 11.1. The van der Waals surface area contributed by atoms with E-state index in [4.69, 9.17) is 5.11 Å². The molecule has 0 atom stereocenters. The summed E-state index contributed by atoms with van der Waals surface area (Å²) in [5.41, 5.74) is 0.731. The molecule has 1 heterocycles. The Morgan fingerprint density at radius 2 is 2.10 bits per heavy atom. The highest BCUT2D eigenvalue weighted by atomic mass is 16.4. The van der Waals surface area contributed by atoms with Gasteiger partial charge in [-0.2, -0.15) is 0 Å². The van der Waals surface area contributed by atoms with Gasteiger partial charge in [0.2, 0.25) is 5.95 Å². The number of anilines is 1. The van der Waals surface area contributed by atoms with Gasteiger partial charge in [-0.3, -0.25) is 0 Å². The number of carboxylic acids is 1. The fourth-order valence-corrected chi connectivity index (χ4v) is 2.86. The number of rotatable bonds is 6. The molecule has 0 aliphatic heterocycles. The molecule has 1 aliphatic rings. The molecular weight excluding hydrogens is 266 g/mol. The molecule has 1 aromatic rings. The molecule has 1 saturated carbocycles. The maximum atomic E-state index is 11.1. The molecule has 1 fully saturated rings. The van der Waals surface area contributed by atoms with Gasteiger partial charge >= 0.3 is 5.97 Å². The Morgan fingerprint density at radius 1 is 1.43 bits per heavy atom. The summed E-state index contributed by atoms with van der Waals surface area (Å²) in [6, 6.07) is 0.499. The summed E-state index contributed by atoms with van der Waals surface area (Å²) < 4.78 is 0. The van der Waals surface area contributed by atoms with E-state index in [-0.39, 0.29) is 5.56 Å². The molecule has 0 aromatic carbocycles. The number of nitrogens with zero attached hydrogens (tertiary/aromatic N) is 3. The fourth-order valence-electron chi connectivity index (χ4n) is 2.86. The number of aryl methyl sites for hydroxylation is 1. The zero-order valence-corrected chi connectivity index (χ0v) is 13.2. The van der Waals surface area contributed by atoms with Crippen molar-refractivity contribution in [2.75, 3.05) is 11.4 Å². The van der Waals surface area contributed by atoms with E-state index in [9.17, 15) is 4.79 Å².